The van der Waals surface area contributed by atoms with Crippen LogP contribution >= 0.6 is 0 Å². The van der Waals surface area contributed by atoms with Crippen LogP contribution in [0.1, 0.15) is 0 Å². The van der Waals surface area contributed by atoms with Gasteiger partial charge in [-0.1, -0.05) is 78.9 Å². The highest BCUT2D eigenvalue weighted by molar-refractivity contribution is 6.08. The monoisotopic (exact) mass is 497 g/mol. The van der Waals surface area contributed by atoms with Gasteiger partial charge in [0.25, 0.3) is 0 Å². The van der Waals surface area contributed by atoms with Gasteiger partial charge < -0.3 is 0 Å². The highest BCUT2D eigenvalue weighted by Gasteiger charge is 2.24. The summed E-state index contributed by atoms with van der Waals surface area (Å²) in [5.41, 5.74) is 9.98. The quantitative estimate of drug-likeness (QED) is 0.230. The lowest BCUT2D eigenvalue weighted by atomic mass is 10.0. The third-order valence-electron chi connectivity index (χ3n) is 8.29. The van der Waals surface area contributed by atoms with Gasteiger partial charge in [-0.25, -0.2) is 14.4 Å². The minimum absolute atomic E-state index is 0.889. The Bertz CT molecular complexity index is 2440. The van der Waals surface area contributed by atoms with Crippen LogP contribution in [0, 0.1) is 0 Å². The standard InChI is InChI=1S/C34H19N5/c1-2-8-20(9-3-1)25-18-30-32-31(19-25)38-29-17-24-13-7-5-11-22(24)15-27(29)36-34(38)39(32)33-35-26-14-21-10-4-6-12-23(21)16-28(26)37(30)33/h1-19H. The Morgan fingerprint density at radius 3 is 1.36 bits per heavy atom. The van der Waals surface area contributed by atoms with Crippen LogP contribution in [-0.4, -0.2) is 23.2 Å². The molecular weight excluding hydrogens is 478 g/mol. The van der Waals surface area contributed by atoms with E-state index in [9.17, 15) is 0 Å². The van der Waals surface area contributed by atoms with Gasteiger partial charge in [-0.3, -0.25) is 8.80 Å². The molecule has 5 heteroatoms. The SMILES string of the molecule is c1ccc(-c2cc3c4c(c2)n2c5cc6ccccc6cc5nc2n4c2nc4cc5ccccc5cc4n32)cc1. The minimum Gasteiger partial charge on any atom is -0.276 e. The summed E-state index contributed by atoms with van der Waals surface area (Å²) in [6, 6.07) is 41.1. The Labute approximate surface area is 221 Å². The lowest BCUT2D eigenvalue weighted by molar-refractivity contribution is 1.15. The summed E-state index contributed by atoms with van der Waals surface area (Å²) < 4.78 is 6.87. The Hall–Kier alpha value is -5.42. The maximum atomic E-state index is 5.21. The van der Waals surface area contributed by atoms with Crippen LogP contribution < -0.4 is 0 Å². The molecule has 0 bridgehead atoms. The molecule has 5 nitrogen and oxygen atoms in total. The van der Waals surface area contributed by atoms with Gasteiger partial charge in [0.2, 0.25) is 11.6 Å². The number of imidazole rings is 4. The molecule has 0 unspecified atom stereocenters. The normalized spacial score (nSPS) is 12.6. The summed E-state index contributed by atoms with van der Waals surface area (Å²) in [7, 11) is 0. The number of aromatic nitrogens is 5. The average Bonchev–Trinajstić information content (AvgIpc) is 3.69. The molecule has 4 heterocycles. The summed E-state index contributed by atoms with van der Waals surface area (Å²) in [4.78, 5) is 10.4. The molecule has 0 fully saturated rings. The summed E-state index contributed by atoms with van der Waals surface area (Å²) in [5.74, 6) is 1.78. The van der Waals surface area contributed by atoms with Crippen molar-refractivity contribution in [2.24, 2.45) is 0 Å². The molecule has 10 aromatic rings. The predicted octanol–water partition coefficient (Wildman–Crippen LogP) is 8.11. The van der Waals surface area contributed by atoms with E-state index in [2.05, 4.69) is 128 Å². The summed E-state index contributed by atoms with van der Waals surface area (Å²) in [6.45, 7) is 0. The van der Waals surface area contributed by atoms with Gasteiger partial charge in [-0.05, 0) is 69.1 Å². The van der Waals surface area contributed by atoms with Crippen molar-refractivity contribution < 1.29 is 0 Å². The van der Waals surface area contributed by atoms with Crippen LogP contribution in [-0.2, 0) is 0 Å². The first kappa shape index (κ1) is 19.7. The van der Waals surface area contributed by atoms with Crippen LogP contribution in [0.5, 0.6) is 0 Å². The van der Waals surface area contributed by atoms with Crippen LogP contribution in [0.3, 0.4) is 0 Å². The maximum Gasteiger partial charge on any atom is 0.223 e. The molecule has 0 spiro atoms. The highest BCUT2D eigenvalue weighted by atomic mass is 15.3. The molecule has 4 aromatic heterocycles. The Balaban J connectivity index is 1.47. The molecule has 10 rings (SSSR count). The number of hydrogen-bond acceptors (Lipinski definition) is 2. The molecule has 0 aliphatic heterocycles. The predicted molar refractivity (Wildman–Crippen MR) is 159 cm³/mol. The molecule has 0 N–H and O–H groups in total. The molecule has 180 valence electrons. The zero-order valence-electron chi connectivity index (χ0n) is 20.7. The van der Waals surface area contributed by atoms with Gasteiger partial charge in [0.05, 0.1) is 33.1 Å². The van der Waals surface area contributed by atoms with Gasteiger partial charge in [0, 0.05) is 0 Å². The van der Waals surface area contributed by atoms with E-state index in [1.54, 1.807) is 0 Å². The first-order chi connectivity index (χ1) is 19.3. The second-order valence-electron chi connectivity index (χ2n) is 10.4. The van der Waals surface area contributed by atoms with Crippen LogP contribution in [0.15, 0.2) is 115 Å². The first-order valence-electron chi connectivity index (χ1n) is 13.2. The largest absolute Gasteiger partial charge is 0.276 e. The molecule has 0 aliphatic carbocycles. The van der Waals surface area contributed by atoms with E-state index in [1.165, 1.54) is 32.7 Å². The van der Waals surface area contributed by atoms with Crippen molar-refractivity contribution in [3.05, 3.63) is 115 Å². The van der Waals surface area contributed by atoms with Crippen molar-refractivity contribution in [3.8, 4) is 11.1 Å². The third-order valence-corrected chi connectivity index (χ3v) is 8.29. The lowest BCUT2D eigenvalue weighted by Gasteiger charge is -2.05. The number of benzene rings is 6. The smallest absolute Gasteiger partial charge is 0.223 e. The second-order valence-corrected chi connectivity index (χ2v) is 10.4. The summed E-state index contributed by atoms with van der Waals surface area (Å²) >= 11 is 0. The van der Waals surface area contributed by atoms with Gasteiger partial charge in [0.15, 0.2) is 0 Å². The molecule has 0 saturated heterocycles. The van der Waals surface area contributed by atoms with Crippen molar-refractivity contribution in [3.63, 3.8) is 0 Å². The van der Waals surface area contributed by atoms with Crippen molar-refractivity contribution >= 4 is 71.7 Å². The van der Waals surface area contributed by atoms with E-state index < -0.39 is 0 Å². The molecule has 0 atom stereocenters. The van der Waals surface area contributed by atoms with Crippen molar-refractivity contribution in [2.45, 2.75) is 0 Å². The maximum absolute atomic E-state index is 5.21. The summed E-state index contributed by atoms with van der Waals surface area (Å²) in [5, 5.41) is 4.81. The second kappa shape index (κ2) is 6.71. The fourth-order valence-electron chi connectivity index (χ4n) is 6.54. The number of rotatable bonds is 1. The third kappa shape index (κ3) is 2.40. The highest BCUT2D eigenvalue weighted by Crippen LogP contribution is 2.38. The molecule has 0 aliphatic rings. The summed E-state index contributed by atoms with van der Waals surface area (Å²) in [6.07, 6.45) is 0. The van der Waals surface area contributed by atoms with Gasteiger partial charge in [-0.15, -0.1) is 0 Å². The minimum atomic E-state index is 0.889. The molecule has 0 amide bonds. The molecule has 0 radical (unpaired) electrons. The fraction of sp³-hybridized carbons (Fsp3) is 0. The first-order valence-corrected chi connectivity index (χ1v) is 13.2. The van der Waals surface area contributed by atoms with E-state index >= 15 is 0 Å². The van der Waals surface area contributed by atoms with E-state index in [4.69, 9.17) is 9.97 Å². The Morgan fingerprint density at radius 1 is 0.385 bits per heavy atom. The zero-order chi connectivity index (χ0) is 25.2. The van der Waals surface area contributed by atoms with E-state index in [0.717, 1.165) is 50.2 Å². The van der Waals surface area contributed by atoms with Crippen LogP contribution in [0.25, 0.3) is 82.8 Å². The zero-order valence-corrected chi connectivity index (χ0v) is 20.7. The number of hydrogen-bond donors (Lipinski definition) is 0. The van der Waals surface area contributed by atoms with Crippen molar-refractivity contribution in [2.75, 3.05) is 0 Å². The van der Waals surface area contributed by atoms with Gasteiger partial charge in [-0.2, -0.15) is 0 Å². The Morgan fingerprint density at radius 2 is 0.846 bits per heavy atom. The van der Waals surface area contributed by atoms with Gasteiger partial charge in [0.1, 0.15) is 5.52 Å². The average molecular weight is 498 g/mol. The molecular formula is C34H19N5. The molecule has 6 aromatic carbocycles. The fourth-order valence-corrected chi connectivity index (χ4v) is 6.54. The van der Waals surface area contributed by atoms with Gasteiger partial charge >= 0.3 is 0 Å². The molecule has 39 heavy (non-hydrogen) atoms. The van der Waals surface area contributed by atoms with Crippen molar-refractivity contribution in [1.82, 2.24) is 23.2 Å². The van der Waals surface area contributed by atoms with E-state index in [1.807, 2.05) is 0 Å². The van der Waals surface area contributed by atoms with E-state index in [0.29, 0.717) is 0 Å². The Kier molecular flexibility index (Phi) is 3.38. The molecule has 0 saturated carbocycles. The number of fused-ring (bicyclic) bond motifs is 12. The van der Waals surface area contributed by atoms with Crippen LogP contribution in [0.4, 0.5) is 0 Å². The topological polar surface area (TPSA) is 39.0 Å². The number of nitrogens with zero attached hydrogens (tertiary/aromatic N) is 5. The van der Waals surface area contributed by atoms with Crippen molar-refractivity contribution in [1.29, 1.82) is 0 Å². The lowest BCUT2D eigenvalue weighted by Crippen LogP contribution is -1.88. The van der Waals surface area contributed by atoms with E-state index in [-0.39, 0.29) is 0 Å². The van der Waals surface area contributed by atoms with Crippen LogP contribution in [0.2, 0.25) is 0 Å².